The van der Waals surface area contributed by atoms with E-state index in [1.165, 1.54) is 11.4 Å². The van der Waals surface area contributed by atoms with Crippen molar-refractivity contribution in [2.75, 3.05) is 26.0 Å². The average molecular weight is 489 g/mol. The first-order chi connectivity index (χ1) is 13.8. The predicted molar refractivity (Wildman–Crippen MR) is 115 cm³/mol. The van der Waals surface area contributed by atoms with Gasteiger partial charge < -0.3 is 10.1 Å². The molecule has 1 aromatic carbocycles. The molecule has 1 aromatic rings. The van der Waals surface area contributed by atoms with Crippen LogP contribution in [0.5, 0.6) is 0 Å². The summed E-state index contributed by atoms with van der Waals surface area (Å²) in [5.74, 6) is -0.684. The summed E-state index contributed by atoms with van der Waals surface area (Å²) < 4.78 is 31.8. The number of amides is 1. The fraction of sp³-hybridized carbons (Fsp3) is 0.600. The molecular weight excluding hydrogens is 460 g/mol. The molecule has 1 fully saturated rings. The highest BCUT2D eigenvalue weighted by Crippen LogP contribution is 2.24. The number of hydrogen-bond donors (Lipinski definition) is 1. The summed E-state index contributed by atoms with van der Waals surface area (Å²) in [6, 6.07) is 6.91. The Balaban J connectivity index is 1.99. The average Bonchev–Trinajstić information content (AvgIpc) is 2.72. The van der Waals surface area contributed by atoms with Gasteiger partial charge in [-0.25, -0.2) is 12.7 Å². The minimum atomic E-state index is -3.25. The number of benzene rings is 1. The van der Waals surface area contributed by atoms with Crippen LogP contribution >= 0.6 is 15.9 Å². The molecule has 162 valence electrons. The molecule has 0 bridgehead atoms. The molecule has 1 N–H and O–H groups in total. The molecule has 1 aliphatic heterocycles. The quantitative estimate of drug-likeness (QED) is 0.539. The highest BCUT2D eigenvalue weighted by molar-refractivity contribution is 9.10. The molecule has 1 aliphatic rings. The lowest BCUT2D eigenvalue weighted by Gasteiger charge is -2.31. The number of unbranched alkanes of at least 4 members (excludes halogenated alkanes) is 1. The van der Waals surface area contributed by atoms with Gasteiger partial charge in [0.25, 0.3) is 0 Å². The fourth-order valence-electron chi connectivity index (χ4n) is 3.34. The van der Waals surface area contributed by atoms with Gasteiger partial charge in [-0.15, -0.1) is 0 Å². The minimum Gasteiger partial charge on any atom is -0.469 e. The predicted octanol–water partition coefficient (Wildman–Crippen LogP) is 3.01. The van der Waals surface area contributed by atoms with E-state index in [0.29, 0.717) is 32.4 Å². The Morgan fingerprint density at radius 3 is 2.41 bits per heavy atom. The molecule has 1 heterocycles. The van der Waals surface area contributed by atoms with Crippen molar-refractivity contribution >= 4 is 37.8 Å². The Bertz CT molecular complexity index is 790. The Kier molecular flexibility index (Phi) is 9.10. The van der Waals surface area contributed by atoms with E-state index in [1.807, 2.05) is 31.2 Å². The molecule has 0 radical (unpaired) electrons. The molecule has 7 nitrogen and oxygen atoms in total. The van der Waals surface area contributed by atoms with Gasteiger partial charge in [-0.1, -0.05) is 41.4 Å². The topological polar surface area (TPSA) is 92.8 Å². The summed E-state index contributed by atoms with van der Waals surface area (Å²) in [4.78, 5) is 24.6. The number of carbonyl (C=O) groups excluding carboxylic acids is 2. The van der Waals surface area contributed by atoms with E-state index in [9.17, 15) is 18.0 Å². The molecule has 1 saturated heterocycles. The van der Waals surface area contributed by atoms with Crippen LogP contribution in [0, 0.1) is 5.92 Å². The van der Waals surface area contributed by atoms with Gasteiger partial charge in [-0.05, 0) is 37.0 Å². The second-order valence-electron chi connectivity index (χ2n) is 7.24. The fourth-order valence-corrected chi connectivity index (χ4v) is 5.28. The summed E-state index contributed by atoms with van der Waals surface area (Å²) in [5, 5.41) is 2.95. The van der Waals surface area contributed by atoms with E-state index >= 15 is 0 Å². The number of nitrogens with one attached hydrogen (secondary N) is 1. The van der Waals surface area contributed by atoms with Crippen molar-refractivity contribution in [2.24, 2.45) is 5.92 Å². The third-order valence-electron chi connectivity index (χ3n) is 5.16. The Labute approximate surface area is 181 Å². The van der Waals surface area contributed by atoms with E-state index in [0.717, 1.165) is 16.5 Å². The first-order valence-corrected chi connectivity index (χ1v) is 12.3. The first kappa shape index (κ1) is 23.8. The maximum atomic E-state index is 12.8. The second kappa shape index (κ2) is 11.1. The number of sulfonamides is 1. The van der Waals surface area contributed by atoms with Crippen LogP contribution in [0.1, 0.15) is 50.6 Å². The number of piperidine rings is 1. The zero-order chi connectivity index (χ0) is 21.4. The summed E-state index contributed by atoms with van der Waals surface area (Å²) in [7, 11) is -1.93. The summed E-state index contributed by atoms with van der Waals surface area (Å²) in [6.45, 7) is 2.66. The molecular formula is C20H29BrN2O5S. The number of halogens is 1. The lowest BCUT2D eigenvalue weighted by Crippen LogP contribution is -2.44. The molecule has 9 heteroatoms. The zero-order valence-electron chi connectivity index (χ0n) is 16.9. The van der Waals surface area contributed by atoms with Crippen molar-refractivity contribution in [1.29, 1.82) is 0 Å². The molecule has 2 rings (SSSR count). The number of rotatable bonds is 9. The number of nitrogens with zero attached hydrogens (tertiary/aromatic N) is 1. The Morgan fingerprint density at radius 1 is 1.24 bits per heavy atom. The molecule has 1 atom stereocenters. The van der Waals surface area contributed by atoms with Gasteiger partial charge >= 0.3 is 5.97 Å². The van der Waals surface area contributed by atoms with Crippen LogP contribution in [-0.2, 0) is 24.3 Å². The van der Waals surface area contributed by atoms with E-state index < -0.39 is 22.0 Å². The number of esters is 1. The molecule has 0 saturated carbocycles. The standard InChI is InChI=1S/C20H29BrN2O5S/c1-3-4-13-29(26,27)23-11-9-16(10-12-23)20(25)22-18(14-19(24)28-2)15-5-7-17(21)8-6-15/h5-8,16,18H,3-4,9-14H2,1-2H3,(H,22,25). The molecule has 29 heavy (non-hydrogen) atoms. The Morgan fingerprint density at radius 2 is 1.86 bits per heavy atom. The zero-order valence-corrected chi connectivity index (χ0v) is 19.3. The molecule has 0 aromatic heterocycles. The SMILES string of the molecule is CCCCS(=O)(=O)N1CCC(C(=O)NC(CC(=O)OC)c2ccc(Br)cc2)CC1. The number of hydrogen-bond acceptors (Lipinski definition) is 5. The van der Waals surface area contributed by atoms with Gasteiger partial charge in [0.1, 0.15) is 0 Å². The van der Waals surface area contributed by atoms with E-state index in [-0.39, 0.29) is 24.0 Å². The monoisotopic (exact) mass is 488 g/mol. The van der Waals surface area contributed by atoms with Gasteiger partial charge in [0, 0.05) is 23.5 Å². The molecule has 0 aliphatic carbocycles. The summed E-state index contributed by atoms with van der Waals surface area (Å²) >= 11 is 3.38. The van der Waals surface area contributed by atoms with Crippen LogP contribution in [0.3, 0.4) is 0 Å². The van der Waals surface area contributed by atoms with Crippen LogP contribution in [0.15, 0.2) is 28.7 Å². The Hall–Kier alpha value is -1.45. The normalized spacial score (nSPS) is 16.9. The van der Waals surface area contributed by atoms with Crippen LogP contribution in [-0.4, -0.2) is 50.6 Å². The van der Waals surface area contributed by atoms with Crippen molar-refractivity contribution in [3.05, 3.63) is 34.3 Å². The van der Waals surface area contributed by atoms with Crippen LogP contribution in [0.2, 0.25) is 0 Å². The summed E-state index contributed by atoms with van der Waals surface area (Å²) in [5.41, 5.74) is 0.812. The number of ether oxygens (including phenoxy) is 1. The lowest BCUT2D eigenvalue weighted by atomic mass is 9.95. The first-order valence-electron chi connectivity index (χ1n) is 9.87. The lowest BCUT2D eigenvalue weighted by molar-refractivity contribution is -0.141. The van der Waals surface area contributed by atoms with Crippen molar-refractivity contribution in [1.82, 2.24) is 9.62 Å². The maximum Gasteiger partial charge on any atom is 0.307 e. The summed E-state index contributed by atoms with van der Waals surface area (Å²) in [6.07, 6.45) is 2.46. The number of carbonyl (C=O) groups is 2. The van der Waals surface area contributed by atoms with E-state index in [1.54, 1.807) is 0 Å². The van der Waals surface area contributed by atoms with Gasteiger partial charge in [0.15, 0.2) is 0 Å². The van der Waals surface area contributed by atoms with Crippen molar-refractivity contribution in [3.63, 3.8) is 0 Å². The maximum absolute atomic E-state index is 12.8. The smallest absolute Gasteiger partial charge is 0.307 e. The van der Waals surface area contributed by atoms with Gasteiger partial charge in [-0.2, -0.15) is 0 Å². The van der Waals surface area contributed by atoms with Crippen molar-refractivity contribution in [2.45, 2.75) is 45.1 Å². The van der Waals surface area contributed by atoms with Gasteiger partial charge in [-0.3, -0.25) is 9.59 Å². The third-order valence-corrected chi connectivity index (χ3v) is 7.65. The second-order valence-corrected chi connectivity index (χ2v) is 10.2. The van der Waals surface area contributed by atoms with Crippen molar-refractivity contribution in [3.8, 4) is 0 Å². The van der Waals surface area contributed by atoms with Crippen LogP contribution in [0.25, 0.3) is 0 Å². The molecule has 1 unspecified atom stereocenters. The minimum absolute atomic E-state index is 0.0358. The largest absolute Gasteiger partial charge is 0.469 e. The number of methoxy groups -OCH3 is 1. The highest BCUT2D eigenvalue weighted by atomic mass is 79.9. The molecule has 0 spiro atoms. The van der Waals surface area contributed by atoms with Crippen LogP contribution < -0.4 is 5.32 Å². The van der Waals surface area contributed by atoms with Gasteiger partial charge in [0.2, 0.25) is 15.9 Å². The van der Waals surface area contributed by atoms with E-state index in [4.69, 9.17) is 4.74 Å². The van der Waals surface area contributed by atoms with E-state index in [2.05, 4.69) is 21.2 Å². The third kappa shape index (κ3) is 7.08. The highest BCUT2D eigenvalue weighted by Gasteiger charge is 2.32. The molecule has 1 amide bonds. The van der Waals surface area contributed by atoms with Gasteiger partial charge in [0.05, 0.1) is 25.3 Å². The van der Waals surface area contributed by atoms with Crippen molar-refractivity contribution < 1.29 is 22.7 Å². The van der Waals surface area contributed by atoms with Crippen LogP contribution in [0.4, 0.5) is 0 Å².